The molecule has 1 amide bonds. The summed E-state index contributed by atoms with van der Waals surface area (Å²) in [6, 6.07) is 9.82. The van der Waals surface area contributed by atoms with Crippen LogP contribution >= 0.6 is 0 Å². The van der Waals surface area contributed by atoms with Crippen LogP contribution in [0.1, 0.15) is 46.1 Å². The molecule has 26 heavy (non-hydrogen) atoms. The Bertz CT molecular complexity index is 641. The van der Waals surface area contributed by atoms with Crippen LogP contribution in [0, 0.1) is 5.41 Å². The summed E-state index contributed by atoms with van der Waals surface area (Å²) in [4.78, 5) is 14.2. The molecule has 0 aromatic heterocycles. The van der Waals surface area contributed by atoms with Gasteiger partial charge in [-0.1, -0.05) is 56.3 Å². The number of piperidine rings is 1. The summed E-state index contributed by atoms with van der Waals surface area (Å²) in [5, 5.41) is 3.52. The van der Waals surface area contributed by atoms with Gasteiger partial charge in [-0.15, -0.1) is 0 Å². The summed E-state index contributed by atoms with van der Waals surface area (Å²) in [6.45, 7) is 11.0. The largest absolute Gasteiger partial charge is 0.445 e. The molecule has 2 aliphatic heterocycles. The number of ether oxygens (including phenoxy) is 1. The van der Waals surface area contributed by atoms with Crippen LogP contribution in [0.4, 0.5) is 4.79 Å². The van der Waals surface area contributed by atoms with E-state index < -0.39 is 0 Å². The lowest BCUT2D eigenvalue weighted by atomic mass is 9.73. The number of hydrogen-bond donors (Lipinski definition) is 1. The highest BCUT2D eigenvalue weighted by atomic mass is 16.6. The number of nitrogens with zero attached hydrogens (tertiary/aromatic N) is 1. The van der Waals surface area contributed by atoms with Crippen LogP contribution in [0.5, 0.6) is 0 Å². The van der Waals surface area contributed by atoms with Crippen LogP contribution in [-0.4, -0.2) is 30.6 Å². The molecule has 1 aromatic rings. The average Bonchev–Trinajstić information content (AvgIpc) is 3.06. The van der Waals surface area contributed by atoms with Gasteiger partial charge in [0.2, 0.25) is 0 Å². The van der Waals surface area contributed by atoms with E-state index in [1.54, 1.807) is 0 Å². The lowest BCUT2D eigenvalue weighted by Crippen LogP contribution is -2.44. The molecule has 142 valence electrons. The van der Waals surface area contributed by atoms with Crippen molar-refractivity contribution in [3.63, 3.8) is 0 Å². The van der Waals surface area contributed by atoms with Gasteiger partial charge in [-0.25, -0.2) is 4.79 Å². The van der Waals surface area contributed by atoms with Gasteiger partial charge in [0.25, 0.3) is 0 Å². The van der Waals surface area contributed by atoms with E-state index in [4.69, 9.17) is 4.74 Å². The molecule has 4 nitrogen and oxygen atoms in total. The predicted octanol–water partition coefficient (Wildman–Crippen LogP) is 4.88. The highest BCUT2D eigenvalue weighted by molar-refractivity contribution is 5.68. The molecule has 0 atom stereocenters. The molecule has 0 radical (unpaired) electrons. The molecule has 2 heterocycles. The van der Waals surface area contributed by atoms with E-state index in [2.05, 4.69) is 31.3 Å². The molecule has 2 aliphatic rings. The zero-order valence-electron chi connectivity index (χ0n) is 16.5. The Labute approximate surface area is 157 Å². The standard InChI is InChI=1S/C20H26N2O2.C2H6/c1-3-17-18(4-2)21-15-20(17)10-12-22(13-11-20)19(23)24-14-16-8-6-5-7-9-16;1-2/h3-9,21H,10-15H2,1-2H3;1-2H3/b17-3+,18-4+;. The smallest absolute Gasteiger partial charge is 0.410 e. The topological polar surface area (TPSA) is 41.6 Å². The van der Waals surface area contributed by atoms with Crippen molar-refractivity contribution in [1.82, 2.24) is 10.2 Å². The van der Waals surface area contributed by atoms with Crippen molar-refractivity contribution >= 4 is 6.09 Å². The van der Waals surface area contributed by atoms with Crippen molar-refractivity contribution in [2.45, 2.75) is 47.1 Å². The van der Waals surface area contributed by atoms with Gasteiger partial charge in [-0.3, -0.25) is 0 Å². The first kappa shape index (κ1) is 20.1. The second-order valence-electron chi connectivity index (χ2n) is 6.57. The van der Waals surface area contributed by atoms with Crippen molar-refractivity contribution in [2.24, 2.45) is 5.41 Å². The molecule has 1 aromatic carbocycles. The fourth-order valence-corrected chi connectivity index (χ4v) is 3.83. The Morgan fingerprint density at radius 3 is 2.38 bits per heavy atom. The average molecular weight is 357 g/mol. The number of benzene rings is 1. The molecular weight excluding hydrogens is 324 g/mol. The highest BCUT2D eigenvalue weighted by Crippen LogP contribution is 2.45. The zero-order chi connectivity index (χ0) is 19.0. The zero-order valence-corrected chi connectivity index (χ0v) is 16.5. The number of hydrogen-bond acceptors (Lipinski definition) is 3. The molecule has 1 N–H and O–H groups in total. The third-order valence-corrected chi connectivity index (χ3v) is 5.24. The monoisotopic (exact) mass is 356 g/mol. The van der Waals surface area contributed by atoms with Crippen LogP contribution < -0.4 is 5.32 Å². The van der Waals surface area contributed by atoms with Gasteiger partial charge in [0.1, 0.15) is 6.61 Å². The van der Waals surface area contributed by atoms with E-state index in [0.717, 1.165) is 38.0 Å². The summed E-state index contributed by atoms with van der Waals surface area (Å²) in [6.07, 6.45) is 6.13. The normalized spacial score (nSPS) is 21.3. The van der Waals surface area contributed by atoms with E-state index >= 15 is 0 Å². The Morgan fingerprint density at radius 1 is 1.15 bits per heavy atom. The third kappa shape index (κ3) is 4.29. The Hall–Kier alpha value is -2.23. The number of amides is 1. The van der Waals surface area contributed by atoms with Gasteiger partial charge in [0, 0.05) is 30.7 Å². The molecule has 4 heteroatoms. The number of carbonyl (C=O) groups excluding carboxylic acids is 1. The molecule has 2 fully saturated rings. The van der Waals surface area contributed by atoms with Crippen LogP contribution in [-0.2, 0) is 11.3 Å². The molecular formula is C22H32N2O2. The van der Waals surface area contributed by atoms with Crippen LogP contribution in [0.25, 0.3) is 0 Å². The third-order valence-electron chi connectivity index (χ3n) is 5.24. The molecule has 3 rings (SSSR count). The van der Waals surface area contributed by atoms with Crippen LogP contribution in [0.3, 0.4) is 0 Å². The minimum absolute atomic E-state index is 0.173. The first-order chi connectivity index (χ1) is 12.7. The first-order valence-corrected chi connectivity index (χ1v) is 9.71. The van der Waals surface area contributed by atoms with Crippen LogP contribution in [0.2, 0.25) is 0 Å². The minimum Gasteiger partial charge on any atom is -0.445 e. The van der Waals surface area contributed by atoms with Gasteiger partial charge in [-0.05, 0) is 37.8 Å². The molecule has 1 spiro atoms. The highest BCUT2D eigenvalue weighted by Gasteiger charge is 2.43. The fraction of sp³-hybridized carbons (Fsp3) is 0.500. The number of carbonyl (C=O) groups is 1. The molecule has 0 saturated carbocycles. The maximum atomic E-state index is 12.3. The minimum atomic E-state index is -0.201. The van der Waals surface area contributed by atoms with E-state index in [1.807, 2.05) is 49.1 Å². The number of rotatable bonds is 2. The van der Waals surface area contributed by atoms with Gasteiger partial charge in [0.15, 0.2) is 0 Å². The van der Waals surface area contributed by atoms with E-state index in [-0.39, 0.29) is 11.5 Å². The van der Waals surface area contributed by atoms with Crippen molar-refractivity contribution in [2.75, 3.05) is 19.6 Å². The van der Waals surface area contributed by atoms with Crippen molar-refractivity contribution in [3.05, 3.63) is 59.3 Å². The van der Waals surface area contributed by atoms with Crippen molar-refractivity contribution in [1.29, 1.82) is 0 Å². The van der Waals surface area contributed by atoms with Gasteiger partial charge < -0.3 is 15.0 Å². The molecule has 2 saturated heterocycles. The summed E-state index contributed by atoms with van der Waals surface area (Å²) >= 11 is 0. The second-order valence-corrected chi connectivity index (χ2v) is 6.57. The number of allylic oxidation sites excluding steroid dienone is 3. The maximum absolute atomic E-state index is 12.3. The maximum Gasteiger partial charge on any atom is 0.410 e. The number of nitrogens with one attached hydrogen (secondary N) is 1. The quantitative estimate of drug-likeness (QED) is 0.821. The lowest BCUT2D eigenvalue weighted by molar-refractivity contribution is 0.0734. The Morgan fingerprint density at radius 2 is 1.81 bits per heavy atom. The summed E-state index contributed by atoms with van der Waals surface area (Å²) < 4.78 is 5.46. The number of likely N-dealkylation sites (tertiary alicyclic amines) is 1. The summed E-state index contributed by atoms with van der Waals surface area (Å²) in [5.41, 5.74) is 3.85. The van der Waals surface area contributed by atoms with E-state index in [9.17, 15) is 4.79 Å². The van der Waals surface area contributed by atoms with Gasteiger partial charge in [-0.2, -0.15) is 0 Å². The van der Waals surface area contributed by atoms with Gasteiger partial charge >= 0.3 is 6.09 Å². The second kappa shape index (κ2) is 9.46. The molecule has 0 bridgehead atoms. The van der Waals surface area contributed by atoms with Crippen molar-refractivity contribution in [3.8, 4) is 0 Å². The SMILES string of the molecule is C/C=C1\C(=C/C)NCC12CCN(C(=O)OCc1ccccc1)CC2.CC. The lowest BCUT2D eigenvalue weighted by Gasteiger charge is -2.39. The van der Waals surface area contributed by atoms with Crippen molar-refractivity contribution < 1.29 is 9.53 Å². The molecule has 0 aliphatic carbocycles. The fourth-order valence-electron chi connectivity index (χ4n) is 3.83. The predicted molar refractivity (Wildman–Crippen MR) is 107 cm³/mol. The van der Waals surface area contributed by atoms with E-state index in [0.29, 0.717) is 6.61 Å². The first-order valence-electron chi connectivity index (χ1n) is 9.71. The summed E-state index contributed by atoms with van der Waals surface area (Å²) in [7, 11) is 0. The van der Waals surface area contributed by atoms with Gasteiger partial charge in [0.05, 0.1) is 0 Å². The van der Waals surface area contributed by atoms with E-state index in [1.165, 1.54) is 11.3 Å². The Kier molecular flexibility index (Phi) is 7.31. The summed E-state index contributed by atoms with van der Waals surface area (Å²) in [5.74, 6) is 0. The Balaban J connectivity index is 0.00000117. The molecule has 0 unspecified atom stereocenters. The van der Waals surface area contributed by atoms with Crippen LogP contribution in [0.15, 0.2) is 53.8 Å².